The van der Waals surface area contributed by atoms with Crippen molar-refractivity contribution < 1.29 is 9.47 Å². The van der Waals surface area contributed by atoms with Crippen LogP contribution >= 0.6 is 0 Å². The van der Waals surface area contributed by atoms with E-state index in [2.05, 4.69) is 29.0 Å². The minimum absolute atomic E-state index is 0.737. The van der Waals surface area contributed by atoms with Gasteiger partial charge in [0, 0.05) is 32.0 Å². The molecule has 3 heteroatoms. The number of nitrogens with zero attached hydrogens (tertiary/aromatic N) is 1. The highest BCUT2D eigenvalue weighted by atomic mass is 16.5. The van der Waals surface area contributed by atoms with Crippen LogP contribution in [0.1, 0.15) is 12.8 Å². The van der Waals surface area contributed by atoms with Gasteiger partial charge in [-0.1, -0.05) is 0 Å². The summed E-state index contributed by atoms with van der Waals surface area (Å²) < 4.78 is 13.1. The summed E-state index contributed by atoms with van der Waals surface area (Å²) in [5.74, 6) is 1.66. The molecule has 18 heavy (non-hydrogen) atoms. The van der Waals surface area contributed by atoms with Crippen LogP contribution in [0.3, 0.4) is 0 Å². The highest BCUT2D eigenvalue weighted by Gasteiger charge is 2.15. The van der Waals surface area contributed by atoms with Crippen molar-refractivity contribution in [3.8, 4) is 5.75 Å². The lowest BCUT2D eigenvalue weighted by Crippen LogP contribution is -2.20. The molecule has 0 spiro atoms. The smallest absolute Gasteiger partial charge is 0.120 e. The minimum Gasteiger partial charge on any atom is -0.497 e. The van der Waals surface area contributed by atoms with Gasteiger partial charge >= 0.3 is 0 Å². The number of hydrogen-bond acceptors (Lipinski definition) is 2. The Kier molecular flexibility index (Phi) is 3.24. The number of benzene rings is 1. The van der Waals surface area contributed by atoms with Gasteiger partial charge in [0.05, 0.1) is 12.6 Å². The van der Waals surface area contributed by atoms with Crippen molar-refractivity contribution in [1.82, 2.24) is 4.57 Å². The summed E-state index contributed by atoms with van der Waals surface area (Å²) in [5.41, 5.74) is 1.26. The van der Waals surface area contributed by atoms with Crippen molar-refractivity contribution in [2.75, 3.05) is 20.3 Å². The zero-order chi connectivity index (χ0) is 12.4. The van der Waals surface area contributed by atoms with Crippen LogP contribution in [0.25, 0.3) is 10.9 Å². The maximum Gasteiger partial charge on any atom is 0.120 e. The van der Waals surface area contributed by atoms with Crippen molar-refractivity contribution in [2.45, 2.75) is 19.4 Å². The van der Waals surface area contributed by atoms with Crippen LogP contribution in [0.4, 0.5) is 0 Å². The van der Waals surface area contributed by atoms with E-state index in [0.717, 1.165) is 31.4 Å². The summed E-state index contributed by atoms with van der Waals surface area (Å²) in [7, 11) is 1.72. The van der Waals surface area contributed by atoms with E-state index in [4.69, 9.17) is 9.47 Å². The third-order valence-corrected chi connectivity index (χ3v) is 3.78. The van der Waals surface area contributed by atoms with E-state index in [0.29, 0.717) is 0 Å². The second-order valence-corrected chi connectivity index (χ2v) is 4.95. The molecule has 3 nitrogen and oxygen atoms in total. The third kappa shape index (κ3) is 2.23. The standard InChI is InChI=1S/C15H19NO2/c1-17-14-3-2-13-4-7-16(15(13)10-14)11-12-5-8-18-9-6-12/h2-4,7,10,12H,5-6,8-9,11H2,1H3. The average Bonchev–Trinajstić information content (AvgIpc) is 2.82. The van der Waals surface area contributed by atoms with Gasteiger partial charge in [-0.25, -0.2) is 0 Å². The fourth-order valence-electron chi connectivity index (χ4n) is 2.66. The van der Waals surface area contributed by atoms with Gasteiger partial charge in [-0.05, 0) is 42.3 Å². The van der Waals surface area contributed by atoms with Gasteiger partial charge in [-0.3, -0.25) is 0 Å². The molecule has 0 saturated carbocycles. The molecule has 1 aliphatic heterocycles. The highest BCUT2D eigenvalue weighted by Crippen LogP contribution is 2.24. The molecule has 0 bridgehead atoms. The molecule has 96 valence electrons. The van der Waals surface area contributed by atoms with E-state index >= 15 is 0 Å². The molecule has 0 aliphatic carbocycles. The molecule has 0 radical (unpaired) electrons. The normalized spacial score (nSPS) is 17.2. The van der Waals surface area contributed by atoms with Crippen molar-refractivity contribution in [1.29, 1.82) is 0 Å². The zero-order valence-corrected chi connectivity index (χ0v) is 10.8. The Morgan fingerprint density at radius 3 is 2.89 bits per heavy atom. The Morgan fingerprint density at radius 2 is 2.11 bits per heavy atom. The summed E-state index contributed by atoms with van der Waals surface area (Å²) in [6, 6.07) is 8.43. The topological polar surface area (TPSA) is 23.4 Å². The first-order valence-electron chi connectivity index (χ1n) is 6.57. The highest BCUT2D eigenvalue weighted by molar-refractivity contribution is 5.81. The molecule has 3 rings (SSSR count). The van der Waals surface area contributed by atoms with Crippen molar-refractivity contribution >= 4 is 10.9 Å². The fourth-order valence-corrected chi connectivity index (χ4v) is 2.66. The molecule has 2 aromatic rings. The predicted molar refractivity (Wildman–Crippen MR) is 72.0 cm³/mol. The molecular weight excluding hydrogens is 226 g/mol. The van der Waals surface area contributed by atoms with Crippen LogP contribution in [0.5, 0.6) is 5.75 Å². The summed E-state index contributed by atoms with van der Waals surface area (Å²) in [6.45, 7) is 2.90. The van der Waals surface area contributed by atoms with Crippen LogP contribution in [0, 0.1) is 5.92 Å². The van der Waals surface area contributed by atoms with Gasteiger partial charge in [0.1, 0.15) is 5.75 Å². The SMILES string of the molecule is COc1ccc2ccn(CC3CCOCC3)c2c1. The number of methoxy groups -OCH3 is 1. The average molecular weight is 245 g/mol. The van der Waals surface area contributed by atoms with E-state index in [1.807, 2.05) is 6.07 Å². The van der Waals surface area contributed by atoms with E-state index in [-0.39, 0.29) is 0 Å². The monoisotopic (exact) mass is 245 g/mol. The molecule has 0 amide bonds. The summed E-state index contributed by atoms with van der Waals surface area (Å²) in [4.78, 5) is 0. The lowest BCUT2D eigenvalue weighted by atomic mass is 10.0. The van der Waals surface area contributed by atoms with Gasteiger partial charge in [-0.2, -0.15) is 0 Å². The van der Waals surface area contributed by atoms with E-state index in [1.54, 1.807) is 7.11 Å². The fraction of sp³-hybridized carbons (Fsp3) is 0.467. The van der Waals surface area contributed by atoms with Crippen molar-refractivity contribution in [3.63, 3.8) is 0 Å². The van der Waals surface area contributed by atoms with Crippen LogP contribution in [-0.4, -0.2) is 24.9 Å². The Hall–Kier alpha value is -1.48. The van der Waals surface area contributed by atoms with E-state index < -0.39 is 0 Å². The molecule has 1 aromatic heterocycles. The molecule has 0 N–H and O–H groups in total. The van der Waals surface area contributed by atoms with Crippen LogP contribution in [-0.2, 0) is 11.3 Å². The van der Waals surface area contributed by atoms with Gasteiger partial charge in [0.2, 0.25) is 0 Å². The summed E-state index contributed by atoms with van der Waals surface area (Å²) >= 11 is 0. The second kappa shape index (κ2) is 5.02. The molecule has 1 aliphatic rings. The molecule has 1 fully saturated rings. The minimum atomic E-state index is 0.737. The molecular formula is C15H19NO2. The first-order valence-corrected chi connectivity index (χ1v) is 6.57. The Labute approximate surface area is 107 Å². The molecule has 1 saturated heterocycles. The maximum absolute atomic E-state index is 5.41. The summed E-state index contributed by atoms with van der Waals surface area (Å²) in [5, 5.41) is 1.28. The Balaban J connectivity index is 1.86. The number of fused-ring (bicyclic) bond motifs is 1. The zero-order valence-electron chi connectivity index (χ0n) is 10.8. The second-order valence-electron chi connectivity index (χ2n) is 4.95. The van der Waals surface area contributed by atoms with E-state index in [9.17, 15) is 0 Å². The summed E-state index contributed by atoms with van der Waals surface area (Å²) in [6.07, 6.45) is 4.52. The van der Waals surface area contributed by atoms with E-state index in [1.165, 1.54) is 23.7 Å². The first kappa shape index (κ1) is 11.6. The maximum atomic E-state index is 5.41. The number of hydrogen-bond donors (Lipinski definition) is 0. The van der Waals surface area contributed by atoms with Crippen molar-refractivity contribution in [2.24, 2.45) is 5.92 Å². The Morgan fingerprint density at radius 1 is 1.28 bits per heavy atom. The lowest BCUT2D eigenvalue weighted by Gasteiger charge is -2.22. The predicted octanol–water partition coefficient (Wildman–Crippen LogP) is 3.08. The van der Waals surface area contributed by atoms with Gasteiger partial charge in [0.25, 0.3) is 0 Å². The van der Waals surface area contributed by atoms with Crippen LogP contribution in [0.2, 0.25) is 0 Å². The molecule has 2 heterocycles. The Bertz CT molecular complexity index is 526. The largest absolute Gasteiger partial charge is 0.497 e. The van der Waals surface area contributed by atoms with Crippen LogP contribution < -0.4 is 4.74 Å². The van der Waals surface area contributed by atoms with Gasteiger partial charge in [-0.15, -0.1) is 0 Å². The number of rotatable bonds is 3. The lowest BCUT2D eigenvalue weighted by molar-refractivity contribution is 0.0616. The quantitative estimate of drug-likeness (QED) is 0.829. The van der Waals surface area contributed by atoms with Crippen LogP contribution in [0.15, 0.2) is 30.5 Å². The van der Waals surface area contributed by atoms with Gasteiger partial charge in [0.15, 0.2) is 0 Å². The van der Waals surface area contributed by atoms with Gasteiger partial charge < -0.3 is 14.0 Å². The first-order chi connectivity index (χ1) is 8.86. The third-order valence-electron chi connectivity index (χ3n) is 3.78. The molecule has 0 unspecified atom stereocenters. The number of ether oxygens (including phenoxy) is 2. The molecule has 1 aromatic carbocycles. The number of aromatic nitrogens is 1. The molecule has 0 atom stereocenters. The van der Waals surface area contributed by atoms with Crippen molar-refractivity contribution in [3.05, 3.63) is 30.5 Å².